The lowest BCUT2D eigenvalue weighted by molar-refractivity contribution is -0.135. The minimum absolute atomic E-state index is 0.0635. The Morgan fingerprint density at radius 1 is 1.21 bits per heavy atom. The molecule has 120 valence electrons. The molecule has 0 aliphatic carbocycles. The summed E-state index contributed by atoms with van der Waals surface area (Å²) in [5.74, 6) is -0.772. The van der Waals surface area contributed by atoms with Gasteiger partial charge in [-0.1, -0.05) is 36.0 Å². The van der Waals surface area contributed by atoms with Crippen molar-refractivity contribution in [3.63, 3.8) is 0 Å². The number of thioether (sulfide) groups is 1. The van der Waals surface area contributed by atoms with Gasteiger partial charge in [0.05, 0.1) is 23.4 Å². The normalized spacial score (nSPS) is 17.5. The van der Waals surface area contributed by atoms with E-state index in [1.807, 2.05) is 48.5 Å². The van der Waals surface area contributed by atoms with Gasteiger partial charge in [-0.05, 0) is 30.3 Å². The second-order valence-corrected chi connectivity index (χ2v) is 5.86. The van der Waals surface area contributed by atoms with Crippen LogP contribution in [0.15, 0.2) is 76.0 Å². The molecule has 3 rings (SSSR count). The van der Waals surface area contributed by atoms with Crippen LogP contribution in [0.4, 0.5) is 5.69 Å². The van der Waals surface area contributed by atoms with Crippen molar-refractivity contribution in [2.45, 2.75) is 0 Å². The Labute approximate surface area is 143 Å². The molecular weight excluding hydrogens is 324 g/mol. The van der Waals surface area contributed by atoms with Gasteiger partial charge < -0.3 is 9.84 Å². The molecule has 0 amide bonds. The van der Waals surface area contributed by atoms with E-state index in [-0.39, 0.29) is 11.3 Å². The number of ether oxygens (including phenoxy) is 1. The molecule has 0 saturated carbocycles. The fraction of sp³-hybridized carbons (Fsp3) is 0.0556. The van der Waals surface area contributed by atoms with Crippen molar-refractivity contribution < 1.29 is 14.6 Å². The predicted octanol–water partition coefficient (Wildman–Crippen LogP) is 3.88. The maximum absolute atomic E-state index is 12.0. The molecule has 6 heteroatoms. The van der Waals surface area contributed by atoms with Gasteiger partial charge in [0.1, 0.15) is 16.4 Å². The minimum Gasteiger partial charge on any atom is -0.506 e. The molecule has 2 aromatic rings. The van der Waals surface area contributed by atoms with E-state index in [4.69, 9.17) is 4.74 Å². The number of rotatable bonds is 3. The number of esters is 1. The third-order valence-corrected chi connectivity index (χ3v) is 4.25. The quantitative estimate of drug-likeness (QED) is 0.860. The molecule has 24 heavy (non-hydrogen) atoms. The highest BCUT2D eigenvalue weighted by Crippen LogP contribution is 2.39. The monoisotopic (exact) mass is 338 g/mol. The van der Waals surface area contributed by atoms with Crippen LogP contribution in [-0.2, 0) is 9.53 Å². The van der Waals surface area contributed by atoms with Gasteiger partial charge >= 0.3 is 5.97 Å². The lowest BCUT2D eigenvalue weighted by atomic mass is 10.2. The SMILES string of the molecule is COC(=O)C1=C(O)C(=Cc2ccccn2)SC1=Nc1ccccc1. The number of pyridine rings is 1. The van der Waals surface area contributed by atoms with Gasteiger partial charge in [0, 0.05) is 6.20 Å². The summed E-state index contributed by atoms with van der Waals surface area (Å²) in [5.41, 5.74) is 1.43. The average Bonchev–Trinajstić information content (AvgIpc) is 2.91. The van der Waals surface area contributed by atoms with Crippen molar-refractivity contribution >= 4 is 34.5 Å². The molecule has 0 unspecified atom stereocenters. The Kier molecular flexibility index (Phi) is 4.77. The maximum Gasteiger partial charge on any atom is 0.344 e. The summed E-state index contributed by atoms with van der Waals surface area (Å²) < 4.78 is 4.78. The summed E-state index contributed by atoms with van der Waals surface area (Å²) in [5, 5.41) is 10.8. The number of para-hydroxylation sites is 1. The van der Waals surface area contributed by atoms with E-state index in [0.29, 0.717) is 21.3 Å². The van der Waals surface area contributed by atoms with Crippen LogP contribution in [0.1, 0.15) is 5.69 Å². The molecule has 1 aliphatic heterocycles. The van der Waals surface area contributed by atoms with Crippen molar-refractivity contribution in [3.8, 4) is 0 Å². The van der Waals surface area contributed by atoms with E-state index in [0.717, 1.165) is 0 Å². The van der Waals surface area contributed by atoms with Crippen LogP contribution >= 0.6 is 11.8 Å². The molecule has 0 atom stereocenters. The summed E-state index contributed by atoms with van der Waals surface area (Å²) >= 11 is 1.21. The zero-order chi connectivity index (χ0) is 16.9. The zero-order valence-corrected chi connectivity index (χ0v) is 13.7. The molecule has 1 aromatic carbocycles. The number of nitrogens with zero attached hydrogens (tertiary/aromatic N) is 2. The van der Waals surface area contributed by atoms with Crippen molar-refractivity contribution in [2.24, 2.45) is 4.99 Å². The Balaban J connectivity index is 2.04. The van der Waals surface area contributed by atoms with Crippen molar-refractivity contribution in [3.05, 3.63) is 76.7 Å². The highest BCUT2D eigenvalue weighted by Gasteiger charge is 2.32. The summed E-state index contributed by atoms with van der Waals surface area (Å²) in [7, 11) is 1.27. The summed E-state index contributed by atoms with van der Waals surface area (Å²) in [6, 6.07) is 14.7. The molecule has 1 aliphatic rings. The number of methoxy groups -OCH3 is 1. The number of benzene rings is 1. The second kappa shape index (κ2) is 7.14. The van der Waals surface area contributed by atoms with E-state index in [1.165, 1.54) is 18.9 Å². The fourth-order valence-corrected chi connectivity index (χ4v) is 3.13. The third kappa shape index (κ3) is 3.38. The fourth-order valence-electron chi connectivity index (χ4n) is 2.11. The number of carbonyl (C=O) groups excluding carboxylic acids is 1. The number of aliphatic hydroxyl groups is 1. The van der Waals surface area contributed by atoms with Crippen LogP contribution in [0.25, 0.3) is 6.08 Å². The zero-order valence-electron chi connectivity index (χ0n) is 12.8. The standard InChI is InChI=1S/C18H14N2O3S/c1-23-18(22)15-16(21)14(11-13-9-5-6-10-19-13)24-17(15)20-12-7-3-2-4-8-12/h2-11,21H,1H3. The lowest BCUT2D eigenvalue weighted by Crippen LogP contribution is -2.10. The van der Waals surface area contributed by atoms with Gasteiger partial charge in [-0.15, -0.1) is 0 Å². The van der Waals surface area contributed by atoms with Crippen LogP contribution in [0.2, 0.25) is 0 Å². The number of aliphatic imine (C=N–C) groups is 1. The Morgan fingerprint density at radius 3 is 2.62 bits per heavy atom. The van der Waals surface area contributed by atoms with Crippen molar-refractivity contribution in [1.82, 2.24) is 4.98 Å². The molecule has 0 radical (unpaired) electrons. The van der Waals surface area contributed by atoms with Gasteiger partial charge in [-0.2, -0.15) is 0 Å². The maximum atomic E-state index is 12.0. The van der Waals surface area contributed by atoms with Crippen molar-refractivity contribution in [2.75, 3.05) is 7.11 Å². The number of carbonyl (C=O) groups is 1. The first-order valence-electron chi connectivity index (χ1n) is 7.15. The van der Waals surface area contributed by atoms with E-state index in [9.17, 15) is 9.90 Å². The second-order valence-electron chi connectivity index (χ2n) is 4.83. The third-order valence-electron chi connectivity index (χ3n) is 3.23. The molecule has 5 nitrogen and oxygen atoms in total. The van der Waals surface area contributed by atoms with Gasteiger partial charge in [-0.3, -0.25) is 4.98 Å². The first kappa shape index (κ1) is 16.0. The van der Waals surface area contributed by atoms with Crippen molar-refractivity contribution in [1.29, 1.82) is 0 Å². The summed E-state index contributed by atoms with van der Waals surface area (Å²) in [4.78, 5) is 21.2. The van der Waals surface area contributed by atoms with E-state index in [1.54, 1.807) is 12.3 Å². The minimum atomic E-state index is -0.626. The molecule has 0 fully saturated rings. The molecule has 1 aromatic heterocycles. The van der Waals surface area contributed by atoms with E-state index in [2.05, 4.69) is 9.98 Å². The topological polar surface area (TPSA) is 71.8 Å². The smallest absolute Gasteiger partial charge is 0.344 e. The average molecular weight is 338 g/mol. The molecule has 0 saturated heterocycles. The Hall–Kier alpha value is -2.86. The highest BCUT2D eigenvalue weighted by molar-refractivity contribution is 8.18. The highest BCUT2D eigenvalue weighted by atomic mass is 32.2. The number of aromatic nitrogens is 1. The molecular formula is C18H14N2O3S. The summed E-state index contributed by atoms with van der Waals surface area (Å²) in [6.07, 6.45) is 3.36. The van der Waals surface area contributed by atoms with Gasteiger partial charge in [0.25, 0.3) is 0 Å². The first-order chi connectivity index (χ1) is 11.7. The number of aliphatic hydroxyl groups excluding tert-OH is 1. The van der Waals surface area contributed by atoms with Gasteiger partial charge in [-0.25, -0.2) is 9.79 Å². The van der Waals surface area contributed by atoms with Crippen LogP contribution in [-0.4, -0.2) is 28.2 Å². The number of hydrogen-bond donors (Lipinski definition) is 1. The molecule has 0 bridgehead atoms. The Bertz CT molecular complexity index is 843. The molecule has 0 spiro atoms. The van der Waals surface area contributed by atoms with Crippen LogP contribution < -0.4 is 0 Å². The first-order valence-corrected chi connectivity index (χ1v) is 7.97. The van der Waals surface area contributed by atoms with Crippen LogP contribution in [0.3, 0.4) is 0 Å². The van der Waals surface area contributed by atoms with E-state index < -0.39 is 5.97 Å². The lowest BCUT2D eigenvalue weighted by Gasteiger charge is -2.01. The van der Waals surface area contributed by atoms with Gasteiger partial charge in [0.15, 0.2) is 0 Å². The van der Waals surface area contributed by atoms with Crippen LogP contribution in [0.5, 0.6) is 0 Å². The van der Waals surface area contributed by atoms with E-state index >= 15 is 0 Å². The number of hydrogen-bond acceptors (Lipinski definition) is 6. The van der Waals surface area contributed by atoms with Gasteiger partial charge in [0.2, 0.25) is 0 Å². The van der Waals surface area contributed by atoms with Crippen LogP contribution in [0, 0.1) is 0 Å². The predicted molar refractivity (Wildman–Crippen MR) is 95.0 cm³/mol. The largest absolute Gasteiger partial charge is 0.506 e. The molecule has 2 heterocycles. The Morgan fingerprint density at radius 2 is 1.96 bits per heavy atom. The summed E-state index contributed by atoms with van der Waals surface area (Å²) in [6.45, 7) is 0. The molecule has 1 N–H and O–H groups in total.